The Morgan fingerprint density at radius 3 is 2.63 bits per heavy atom. The van der Waals surface area contributed by atoms with Gasteiger partial charge in [-0.1, -0.05) is 35.3 Å². The van der Waals surface area contributed by atoms with Crippen molar-refractivity contribution < 1.29 is 23.5 Å². The van der Waals surface area contributed by atoms with Crippen LogP contribution >= 0.6 is 23.2 Å². The molecule has 3 aromatic rings. The van der Waals surface area contributed by atoms with Crippen LogP contribution in [0.15, 0.2) is 48.8 Å². The summed E-state index contributed by atoms with van der Waals surface area (Å²) >= 11 is 12.2. The molecule has 218 valence electrons. The number of piperidine rings is 1. The third-order valence-electron chi connectivity index (χ3n) is 6.17. The summed E-state index contributed by atoms with van der Waals surface area (Å²) in [6.07, 6.45) is 4.48. The minimum Gasteiger partial charge on any atom is -0.493 e. The zero-order chi connectivity index (χ0) is 29.6. The summed E-state index contributed by atoms with van der Waals surface area (Å²) in [7, 11) is 0. The number of halogens is 3. The number of benzene rings is 2. The van der Waals surface area contributed by atoms with Gasteiger partial charge in [0.15, 0.2) is 5.82 Å². The van der Waals surface area contributed by atoms with E-state index in [0.717, 1.165) is 12.8 Å². The largest absolute Gasteiger partial charge is 0.493 e. The van der Waals surface area contributed by atoms with Gasteiger partial charge in [-0.05, 0) is 63.4 Å². The Hall–Kier alpha value is -3.63. The summed E-state index contributed by atoms with van der Waals surface area (Å²) in [6.45, 7) is 6.66. The second-order valence-corrected chi connectivity index (χ2v) is 11.4. The molecule has 1 atom stereocenters. The van der Waals surface area contributed by atoms with E-state index in [0.29, 0.717) is 52.9 Å². The van der Waals surface area contributed by atoms with Crippen molar-refractivity contribution in [3.05, 3.63) is 70.2 Å². The van der Waals surface area contributed by atoms with Crippen LogP contribution in [0, 0.1) is 5.82 Å². The van der Waals surface area contributed by atoms with Crippen molar-refractivity contribution in [2.24, 2.45) is 0 Å². The summed E-state index contributed by atoms with van der Waals surface area (Å²) < 4.78 is 25.0. The van der Waals surface area contributed by atoms with Gasteiger partial charge in [0, 0.05) is 36.1 Å². The molecule has 0 saturated carbocycles. The topological polar surface area (TPSA) is 106 Å². The number of hydrogen-bond donors (Lipinski definition) is 2. The van der Waals surface area contributed by atoms with Gasteiger partial charge in [-0.25, -0.2) is 23.9 Å². The second-order valence-electron chi connectivity index (χ2n) is 10.6. The van der Waals surface area contributed by atoms with Crippen molar-refractivity contribution in [2.45, 2.75) is 51.7 Å². The lowest BCUT2D eigenvalue weighted by molar-refractivity contribution is 0.0191. The lowest BCUT2D eigenvalue weighted by atomic mass is 10.1. The first-order valence-electron chi connectivity index (χ1n) is 13.2. The molecule has 0 spiro atoms. The number of amides is 3. The number of ether oxygens (including phenoxy) is 2. The lowest BCUT2D eigenvalue weighted by Crippen LogP contribution is -2.51. The second kappa shape index (κ2) is 13.4. The third kappa shape index (κ3) is 8.68. The van der Waals surface area contributed by atoms with Gasteiger partial charge in [-0.2, -0.15) is 0 Å². The molecule has 9 nitrogen and oxygen atoms in total. The number of anilines is 1. The van der Waals surface area contributed by atoms with Gasteiger partial charge in [-0.15, -0.1) is 0 Å². The fraction of sp³-hybridized carbons (Fsp3) is 0.379. The van der Waals surface area contributed by atoms with E-state index in [-0.39, 0.29) is 23.8 Å². The van der Waals surface area contributed by atoms with E-state index in [1.807, 2.05) is 26.8 Å². The highest BCUT2D eigenvalue weighted by Crippen LogP contribution is 2.28. The van der Waals surface area contributed by atoms with Crippen LogP contribution in [0.4, 0.5) is 19.7 Å². The molecule has 1 aliphatic heterocycles. The normalized spacial score (nSPS) is 15.3. The van der Waals surface area contributed by atoms with Crippen LogP contribution in [0.3, 0.4) is 0 Å². The maximum atomic E-state index is 13.8. The number of carbonyl (C=O) groups is 2. The number of aromatic nitrogens is 2. The maximum Gasteiger partial charge on any atom is 0.410 e. The molecular weight excluding hydrogens is 572 g/mol. The van der Waals surface area contributed by atoms with Gasteiger partial charge in [-0.3, -0.25) is 0 Å². The highest BCUT2D eigenvalue weighted by Gasteiger charge is 2.28. The number of hydrogen-bond acceptors (Lipinski definition) is 6. The molecule has 0 radical (unpaired) electrons. The molecule has 4 rings (SSSR count). The number of nitrogens with zero attached hydrogens (tertiary/aromatic N) is 3. The van der Waals surface area contributed by atoms with E-state index in [4.69, 9.17) is 32.7 Å². The molecular formula is C29H32Cl2FN5O4. The third-order valence-corrected chi connectivity index (χ3v) is 6.93. The molecule has 1 unspecified atom stereocenters. The average molecular weight is 605 g/mol. The Balaban J connectivity index is 1.29. The number of rotatable bonds is 7. The number of urea groups is 1. The smallest absolute Gasteiger partial charge is 0.410 e. The Bertz CT molecular complexity index is 1380. The predicted octanol–water partition coefficient (Wildman–Crippen LogP) is 6.73. The van der Waals surface area contributed by atoms with Crippen LogP contribution in [0.5, 0.6) is 5.75 Å². The number of nitrogens with one attached hydrogen (secondary N) is 2. The van der Waals surface area contributed by atoms with Crippen LogP contribution in [0.25, 0.3) is 11.4 Å². The van der Waals surface area contributed by atoms with E-state index >= 15 is 0 Å². The molecule has 2 aromatic carbocycles. The average Bonchev–Trinajstić information content (AvgIpc) is 2.92. The zero-order valence-corrected chi connectivity index (χ0v) is 24.6. The number of carbonyl (C=O) groups excluding carboxylic acids is 2. The van der Waals surface area contributed by atoms with Gasteiger partial charge in [0.2, 0.25) is 0 Å². The highest BCUT2D eigenvalue weighted by molar-refractivity contribution is 6.36. The van der Waals surface area contributed by atoms with E-state index in [1.165, 1.54) is 24.5 Å². The van der Waals surface area contributed by atoms with Crippen LogP contribution in [-0.4, -0.2) is 58.3 Å². The van der Waals surface area contributed by atoms with Crippen molar-refractivity contribution in [1.29, 1.82) is 0 Å². The van der Waals surface area contributed by atoms with Crippen LogP contribution in [0.1, 0.15) is 39.2 Å². The molecule has 1 fully saturated rings. The van der Waals surface area contributed by atoms with Gasteiger partial charge >= 0.3 is 12.1 Å². The van der Waals surface area contributed by atoms with E-state index in [1.54, 1.807) is 23.1 Å². The fourth-order valence-corrected chi connectivity index (χ4v) is 4.84. The molecule has 0 aliphatic carbocycles. The van der Waals surface area contributed by atoms with Crippen molar-refractivity contribution in [1.82, 2.24) is 20.2 Å². The van der Waals surface area contributed by atoms with Crippen molar-refractivity contribution >= 4 is 41.0 Å². The zero-order valence-electron chi connectivity index (χ0n) is 23.0. The van der Waals surface area contributed by atoms with E-state index in [9.17, 15) is 14.0 Å². The first-order valence-corrected chi connectivity index (χ1v) is 14.0. The SMILES string of the molecule is CC(C)(C)OC(=O)N1CCCC(NC(=O)Nc2cnc(-c3cccc(OCCc4c(Cl)ccc(F)c4Cl)c3)nc2)C1. The Labute approximate surface area is 248 Å². The van der Waals surface area contributed by atoms with E-state index < -0.39 is 17.4 Å². The predicted molar refractivity (Wildman–Crippen MR) is 156 cm³/mol. The van der Waals surface area contributed by atoms with Crippen molar-refractivity contribution in [3.63, 3.8) is 0 Å². The minimum absolute atomic E-state index is 0.00727. The highest BCUT2D eigenvalue weighted by atomic mass is 35.5. The van der Waals surface area contributed by atoms with Gasteiger partial charge in [0.05, 0.1) is 29.7 Å². The minimum atomic E-state index is -0.580. The molecule has 0 bridgehead atoms. The standard InChI is InChI=1S/C29H32Cl2FN5O4/c1-29(2,3)41-28(39)37-12-5-7-19(17-37)35-27(38)36-20-15-33-26(34-16-20)18-6-4-8-21(14-18)40-13-11-22-23(30)9-10-24(32)25(22)31/h4,6,8-10,14-16,19H,5,7,11-13,17H2,1-3H3,(H2,35,36,38). The monoisotopic (exact) mass is 603 g/mol. The van der Waals surface area contributed by atoms with Gasteiger partial charge in [0.25, 0.3) is 0 Å². The first kappa shape index (κ1) is 30.3. The van der Waals surface area contributed by atoms with Gasteiger partial charge in [0.1, 0.15) is 17.2 Å². The summed E-state index contributed by atoms with van der Waals surface area (Å²) in [5.74, 6) is 0.488. The quantitative estimate of drug-likeness (QED) is 0.290. The molecule has 1 saturated heterocycles. The molecule has 2 N–H and O–H groups in total. The first-order chi connectivity index (χ1) is 19.5. The summed E-state index contributed by atoms with van der Waals surface area (Å²) in [4.78, 5) is 35.3. The van der Waals surface area contributed by atoms with Crippen molar-refractivity contribution in [2.75, 3.05) is 25.0 Å². The Morgan fingerprint density at radius 1 is 1.15 bits per heavy atom. The lowest BCUT2D eigenvalue weighted by Gasteiger charge is -2.34. The van der Waals surface area contributed by atoms with Crippen LogP contribution in [0.2, 0.25) is 10.0 Å². The van der Waals surface area contributed by atoms with Crippen molar-refractivity contribution in [3.8, 4) is 17.1 Å². The Kier molecular flexibility index (Phi) is 9.88. The van der Waals surface area contributed by atoms with Gasteiger partial charge < -0.3 is 25.0 Å². The fourth-order valence-electron chi connectivity index (χ4n) is 4.28. The molecule has 12 heteroatoms. The summed E-state index contributed by atoms with van der Waals surface area (Å²) in [5, 5.41) is 6.01. The van der Waals surface area contributed by atoms with Crippen LogP contribution < -0.4 is 15.4 Å². The molecule has 41 heavy (non-hydrogen) atoms. The molecule has 1 aliphatic rings. The van der Waals surface area contributed by atoms with Crippen LogP contribution in [-0.2, 0) is 11.2 Å². The maximum absolute atomic E-state index is 13.8. The molecule has 2 heterocycles. The molecule has 1 aromatic heterocycles. The van der Waals surface area contributed by atoms with E-state index in [2.05, 4.69) is 20.6 Å². The summed E-state index contributed by atoms with van der Waals surface area (Å²) in [5.41, 5.74) is 1.04. The summed E-state index contributed by atoms with van der Waals surface area (Å²) in [6, 6.07) is 9.29. The number of likely N-dealkylation sites (tertiary alicyclic amines) is 1. The Morgan fingerprint density at radius 2 is 1.90 bits per heavy atom. The molecule has 3 amide bonds.